The molecule has 0 saturated heterocycles. The van der Waals surface area contributed by atoms with E-state index in [1.165, 1.54) is 0 Å². The first-order valence-electron chi connectivity index (χ1n) is 18.9. The van der Waals surface area contributed by atoms with Crippen molar-refractivity contribution < 1.29 is 43.6 Å². The van der Waals surface area contributed by atoms with Crippen LogP contribution in [0.3, 0.4) is 0 Å². The maximum Gasteiger partial charge on any atom is 0.412 e. The summed E-state index contributed by atoms with van der Waals surface area (Å²) in [5.74, 6) is -1.10. The predicted molar refractivity (Wildman–Crippen MR) is 201 cm³/mol. The average Bonchev–Trinajstić information content (AvgIpc) is 3.17. The van der Waals surface area contributed by atoms with Crippen LogP contribution < -0.4 is 14.8 Å². The van der Waals surface area contributed by atoms with Gasteiger partial charge in [0.05, 0.1) is 18.2 Å². The summed E-state index contributed by atoms with van der Waals surface area (Å²) >= 11 is 0. The van der Waals surface area contributed by atoms with E-state index in [0.29, 0.717) is 43.2 Å². The zero-order valence-corrected chi connectivity index (χ0v) is 31.2. The van der Waals surface area contributed by atoms with Gasteiger partial charge < -0.3 is 44.2 Å². The first-order chi connectivity index (χ1) is 25.8. The number of oxime groups is 1. The number of carbonyl (C=O) groups is 2. The van der Waals surface area contributed by atoms with Gasteiger partial charge in [-0.3, -0.25) is 0 Å². The second-order valence-corrected chi connectivity index (χ2v) is 13.8. The van der Waals surface area contributed by atoms with Gasteiger partial charge in [-0.15, -0.1) is 6.58 Å². The van der Waals surface area contributed by atoms with Crippen LogP contribution in [-0.2, 0) is 20.9 Å². The van der Waals surface area contributed by atoms with Gasteiger partial charge in [0.15, 0.2) is 0 Å². The van der Waals surface area contributed by atoms with Crippen molar-refractivity contribution in [2.75, 3.05) is 40.0 Å². The number of hydrogen-bond acceptors (Lipinski definition) is 10. The summed E-state index contributed by atoms with van der Waals surface area (Å²) in [4.78, 5) is 33.8. The summed E-state index contributed by atoms with van der Waals surface area (Å²) in [5, 5.41) is 26.9. The van der Waals surface area contributed by atoms with Crippen LogP contribution in [0, 0.1) is 17.8 Å². The zero-order valence-electron chi connectivity index (χ0n) is 31.2. The number of amides is 2. The third-order valence-electron chi connectivity index (χ3n) is 10.4. The van der Waals surface area contributed by atoms with Gasteiger partial charge >= 0.3 is 12.2 Å². The van der Waals surface area contributed by atoms with Gasteiger partial charge in [0, 0.05) is 44.7 Å². The minimum atomic E-state index is -1.41. The Labute approximate surface area is 312 Å². The molecule has 2 aromatic carbocycles. The average molecular weight is 734 g/mol. The largest absolute Gasteiger partial charge is 0.459 e. The fourth-order valence-electron chi connectivity index (χ4n) is 8.17. The third-order valence-corrected chi connectivity index (χ3v) is 10.4. The maximum absolute atomic E-state index is 13.9. The molecule has 2 aromatic rings. The first-order valence-corrected chi connectivity index (χ1v) is 18.9. The fourth-order valence-corrected chi connectivity index (χ4v) is 8.17. The van der Waals surface area contributed by atoms with Crippen molar-refractivity contribution >= 4 is 17.9 Å². The Bertz CT molecular complexity index is 1600. The number of aliphatic hydroxyl groups is 2. The van der Waals surface area contributed by atoms with Crippen LogP contribution in [0.1, 0.15) is 75.8 Å². The van der Waals surface area contributed by atoms with Crippen LogP contribution in [-0.4, -0.2) is 84.9 Å². The smallest absolute Gasteiger partial charge is 0.412 e. The van der Waals surface area contributed by atoms with Gasteiger partial charge in [0.1, 0.15) is 30.8 Å². The van der Waals surface area contributed by atoms with Crippen LogP contribution in [0.2, 0.25) is 0 Å². The highest BCUT2D eigenvalue weighted by Crippen LogP contribution is 2.61. The molecule has 1 heterocycles. The van der Waals surface area contributed by atoms with Crippen LogP contribution >= 0.6 is 0 Å². The number of nitrogens with zero attached hydrogens (tertiary/aromatic N) is 2. The van der Waals surface area contributed by atoms with E-state index in [2.05, 4.69) is 23.1 Å². The predicted octanol–water partition coefficient (Wildman–Crippen LogP) is 6.72. The molecule has 3 aliphatic rings. The van der Waals surface area contributed by atoms with E-state index < -0.39 is 29.9 Å². The molecule has 1 saturated carbocycles. The summed E-state index contributed by atoms with van der Waals surface area (Å²) in [6.07, 6.45) is 7.62. The van der Waals surface area contributed by atoms with E-state index in [9.17, 15) is 19.8 Å². The van der Waals surface area contributed by atoms with Gasteiger partial charge in [-0.05, 0) is 80.7 Å². The third kappa shape index (κ3) is 9.05. The second-order valence-electron chi connectivity index (χ2n) is 13.8. The highest BCUT2D eigenvalue weighted by Gasteiger charge is 2.65. The number of unbranched alkanes of at least 4 members (excludes halogenated alkanes) is 2. The Morgan fingerprint density at radius 2 is 1.83 bits per heavy atom. The number of allylic oxidation sites excluding steroid dienone is 1. The number of ether oxygens (including phenoxy) is 4. The second kappa shape index (κ2) is 19.1. The van der Waals surface area contributed by atoms with Crippen LogP contribution in [0.4, 0.5) is 9.59 Å². The molecule has 53 heavy (non-hydrogen) atoms. The van der Waals surface area contributed by atoms with Crippen LogP contribution in [0.25, 0.3) is 0 Å². The number of hydrogen-bond donors (Lipinski definition) is 3. The molecule has 1 aliphatic heterocycles. The van der Waals surface area contributed by atoms with E-state index in [1.807, 2.05) is 50.2 Å². The standard InChI is InChI=1S/C41H55N3O9/c1-5-23-50-41-36(44(4)40(48)49-27-28-15-9-8-10-16-28)26-34(43-51-7-3)32-24-29(17-11-13-21-45)31(18-12-14-22-46)37(38(32)41)33-25-30(19-20-35(33)53-41)52-39(47)42-6-2/h5,8-10,15-16,19-20,24-25,29,31,36-38,45-46H,1,6-7,11-14,17-18,21-23,26-27H2,2-4H3,(H,42,47). The monoisotopic (exact) mass is 733 g/mol. The number of fused-ring (bicyclic) bond motifs is 2. The number of likely N-dealkylation sites (N-methyl/N-ethyl adjacent to an activating group) is 1. The highest BCUT2D eigenvalue weighted by molar-refractivity contribution is 6.02. The molecule has 12 heteroatoms. The number of carbonyl (C=O) groups excluding carboxylic acids is 2. The number of aliphatic hydroxyl groups excluding tert-OH is 2. The lowest BCUT2D eigenvalue weighted by atomic mass is 9.55. The van der Waals surface area contributed by atoms with Gasteiger partial charge in [0.2, 0.25) is 5.79 Å². The van der Waals surface area contributed by atoms with Crippen molar-refractivity contribution in [3.63, 3.8) is 0 Å². The molecule has 1 fully saturated rings. The van der Waals surface area contributed by atoms with Gasteiger partial charge in [0.25, 0.3) is 0 Å². The quantitative estimate of drug-likeness (QED) is 0.0863. The van der Waals surface area contributed by atoms with E-state index in [4.69, 9.17) is 23.8 Å². The molecule has 0 aromatic heterocycles. The maximum atomic E-state index is 13.9. The molecule has 0 bridgehead atoms. The Hall–Kier alpha value is -4.39. The Kier molecular flexibility index (Phi) is 14.3. The summed E-state index contributed by atoms with van der Waals surface area (Å²) in [6, 6.07) is 14.2. The lowest BCUT2D eigenvalue weighted by molar-refractivity contribution is -0.253. The minimum absolute atomic E-state index is 0.0329. The van der Waals surface area contributed by atoms with Crippen molar-refractivity contribution in [1.29, 1.82) is 0 Å². The lowest BCUT2D eigenvalue weighted by Gasteiger charge is -2.59. The summed E-state index contributed by atoms with van der Waals surface area (Å²) in [5.41, 5.74) is 3.32. The molecule has 2 aliphatic carbocycles. The molecule has 2 amide bonds. The van der Waals surface area contributed by atoms with Crippen molar-refractivity contribution in [2.45, 2.75) is 83.1 Å². The first kappa shape index (κ1) is 39.8. The van der Waals surface area contributed by atoms with E-state index in [-0.39, 0.29) is 50.6 Å². The molecular weight excluding hydrogens is 678 g/mol. The molecule has 6 unspecified atom stereocenters. The Morgan fingerprint density at radius 1 is 1.08 bits per heavy atom. The van der Waals surface area contributed by atoms with Gasteiger partial charge in [-0.25, -0.2) is 9.59 Å². The molecule has 0 spiro atoms. The zero-order chi connectivity index (χ0) is 37.8. The van der Waals surface area contributed by atoms with Crippen LogP contribution in [0.5, 0.6) is 11.5 Å². The Balaban J connectivity index is 1.69. The molecule has 12 nitrogen and oxygen atoms in total. The van der Waals surface area contributed by atoms with Crippen molar-refractivity contribution in [3.05, 3.63) is 84.0 Å². The lowest BCUT2D eigenvalue weighted by Crippen LogP contribution is -2.69. The van der Waals surface area contributed by atoms with Crippen molar-refractivity contribution in [1.82, 2.24) is 10.2 Å². The number of benzene rings is 2. The topological polar surface area (TPSA) is 148 Å². The summed E-state index contributed by atoms with van der Waals surface area (Å²) in [7, 11) is 1.69. The SMILES string of the molecule is C=CCOC12Oc3ccc(OC(=O)NCC)cc3C3C(CCCCO)C(CCCCO)C=C(C(=NOCC)CC1N(C)C(=O)OCc1ccccc1)C32. The van der Waals surface area contributed by atoms with Crippen molar-refractivity contribution in [2.24, 2.45) is 22.9 Å². The highest BCUT2D eigenvalue weighted by atomic mass is 16.7. The molecule has 0 radical (unpaired) electrons. The fraction of sp³-hybridized carbons (Fsp3) is 0.537. The van der Waals surface area contributed by atoms with E-state index in [0.717, 1.165) is 42.4 Å². The minimum Gasteiger partial charge on any atom is -0.459 e. The van der Waals surface area contributed by atoms with Gasteiger partial charge in [-0.1, -0.05) is 60.5 Å². The molecule has 5 rings (SSSR count). The molecular formula is C41H55N3O9. The summed E-state index contributed by atoms with van der Waals surface area (Å²) in [6.45, 7) is 8.83. The molecule has 288 valence electrons. The molecule has 6 atom stereocenters. The normalized spacial score (nSPS) is 24.9. The van der Waals surface area contributed by atoms with E-state index >= 15 is 0 Å². The van der Waals surface area contributed by atoms with Crippen molar-refractivity contribution in [3.8, 4) is 11.5 Å². The van der Waals surface area contributed by atoms with E-state index in [1.54, 1.807) is 30.2 Å². The van der Waals surface area contributed by atoms with Crippen LogP contribution in [0.15, 0.2) is 78.0 Å². The Morgan fingerprint density at radius 3 is 2.53 bits per heavy atom. The molecule has 3 N–H and O–H groups in total. The summed E-state index contributed by atoms with van der Waals surface area (Å²) < 4.78 is 25.5. The van der Waals surface area contributed by atoms with Gasteiger partial charge in [-0.2, -0.15) is 0 Å². The number of rotatable bonds is 18. The number of nitrogens with one attached hydrogen (secondary N) is 1.